The van der Waals surface area contributed by atoms with Crippen molar-refractivity contribution in [2.45, 2.75) is 46.2 Å². The monoisotopic (exact) mass is 301 g/mol. The molecular formula is C13H24BrN3. The SMILES string of the molecule is CCC(C)n1ccc(CN(CC)CCCBr)n1. The lowest BCUT2D eigenvalue weighted by Gasteiger charge is -2.18. The van der Waals surface area contributed by atoms with Crippen LogP contribution in [0.5, 0.6) is 0 Å². The third-order valence-electron chi connectivity index (χ3n) is 3.15. The van der Waals surface area contributed by atoms with Gasteiger partial charge in [-0.15, -0.1) is 0 Å². The molecular weight excluding hydrogens is 278 g/mol. The number of halogens is 1. The van der Waals surface area contributed by atoms with Gasteiger partial charge in [-0.1, -0.05) is 29.8 Å². The van der Waals surface area contributed by atoms with Gasteiger partial charge in [0.2, 0.25) is 0 Å². The van der Waals surface area contributed by atoms with Gasteiger partial charge in [-0.25, -0.2) is 0 Å². The maximum atomic E-state index is 4.64. The van der Waals surface area contributed by atoms with Crippen LogP contribution in [0, 0.1) is 0 Å². The number of rotatable bonds is 8. The average molecular weight is 302 g/mol. The van der Waals surface area contributed by atoms with Crippen molar-refractivity contribution < 1.29 is 0 Å². The molecule has 0 aliphatic carbocycles. The lowest BCUT2D eigenvalue weighted by molar-refractivity contribution is 0.276. The van der Waals surface area contributed by atoms with E-state index in [1.807, 2.05) is 0 Å². The lowest BCUT2D eigenvalue weighted by atomic mass is 10.3. The van der Waals surface area contributed by atoms with Crippen LogP contribution in [0.1, 0.15) is 45.3 Å². The molecule has 0 radical (unpaired) electrons. The van der Waals surface area contributed by atoms with E-state index in [0.29, 0.717) is 6.04 Å². The molecule has 17 heavy (non-hydrogen) atoms. The Morgan fingerprint density at radius 3 is 2.82 bits per heavy atom. The molecule has 0 amide bonds. The molecule has 98 valence electrons. The number of alkyl halides is 1. The van der Waals surface area contributed by atoms with Crippen LogP contribution >= 0.6 is 15.9 Å². The fourth-order valence-corrected chi connectivity index (χ4v) is 2.01. The fourth-order valence-electron chi connectivity index (χ4n) is 1.76. The van der Waals surface area contributed by atoms with Crippen molar-refractivity contribution in [3.63, 3.8) is 0 Å². The second kappa shape index (κ2) is 7.88. The van der Waals surface area contributed by atoms with Crippen molar-refractivity contribution >= 4 is 15.9 Å². The van der Waals surface area contributed by atoms with Gasteiger partial charge in [0.15, 0.2) is 0 Å². The van der Waals surface area contributed by atoms with Gasteiger partial charge in [0, 0.05) is 24.1 Å². The van der Waals surface area contributed by atoms with E-state index in [0.717, 1.165) is 31.4 Å². The van der Waals surface area contributed by atoms with Crippen LogP contribution < -0.4 is 0 Å². The minimum atomic E-state index is 0.501. The van der Waals surface area contributed by atoms with Gasteiger partial charge in [-0.2, -0.15) is 5.10 Å². The second-order valence-corrected chi connectivity index (χ2v) is 5.25. The van der Waals surface area contributed by atoms with Crippen LogP contribution in [0.4, 0.5) is 0 Å². The molecule has 1 aromatic rings. The Labute approximate surface area is 113 Å². The van der Waals surface area contributed by atoms with E-state index in [1.165, 1.54) is 12.1 Å². The van der Waals surface area contributed by atoms with E-state index in [9.17, 15) is 0 Å². The molecule has 1 rings (SSSR count). The number of aromatic nitrogens is 2. The largest absolute Gasteiger partial charge is 0.298 e. The van der Waals surface area contributed by atoms with Gasteiger partial charge in [0.1, 0.15) is 0 Å². The van der Waals surface area contributed by atoms with Crippen LogP contribution in [0.2, 0.25) is 0 Å². The molecule has 1 heterocycles. The zero-order valence-corrected chi connectivity index (χ0v) is 12.8. The first-order valence-electron chi connectivity index (χ1n) is 6.53. The van der Waals surface area contributed by atoms with Gasteiger partial charge in [-0.05, 0) is 38.9 Å². The van der Waals surface area contributed by atoms with Crippen LogP contribution in [-0.4, -0.2) is 33.1 Å². The predicted molar refractivity (Wildman–Crippen MR) is 76.6 cm³/mol. The van der Waals surface area contributed by atoms with E-state index >= 15 is 0 Å². The minimum absolute atomic E-state index is 0.501. The zero-order chi connectivity index (χ0) is 12.7. The summed E-state index contributed by atoms with van der Waals surface area (Å²) < 4.78 is 2.08. The maximum absolute atomic E-state index is 4.64. The summed E-state index contributed by atoms with van der Waals surface area (Å²) in [6.07, 6.45) is 4.42. The summed E-state index contributed by atoms with van der Waals surface area (Å²) in [6.45, 7) is 9.80. The molecule has 0 aliphatic rings. The Hall–Kier alpha value is -0.350. The van der Waals surface area contributed by atoms with Crippen molar-refractivity contribution in [3.05, 3.63) is 18.0 Å². The molecule has 0 aliphatic heterocycles. The first-order chi connectivity index (χ1) is 8.21. The Balaban J connectivity index is 2.52. The van der Waals surface area contributed by atoms with Crippen LogP contribution in [-0.2, 0) is 6.54 Å². The Morgan fingerprint density at radius 2 is 2.24 bits per heavy atom. The standard InChI is InChI=1S/C13H24BrN3/c1-4-12(3)17-10-7-13(15-17)11-16(5-2)9-6-8-14/h7,10,12H,4-6,8-9,11H2,1-3H3. The van der Waals surface area contributed by atoms with Gasteiger partial charge >= 0.3 is 0 Å². The van der Waals surface area contributed by atoms with Gasteiger partial charge in [0.05, 0.1) is 5.69 Å². The lowest BCUT2D eigenvalue weighted by Crippen LogP contribution is -2.24. The Morgan fingerprint density at radius 1 is 1.47 bits per heavy atom. The smallest absolute Gasteiger partial charge is 0.0764 e. The van der Waals surface area contributed by atoms with Gasteiger partial charge in [-0.3, -0.25) is 9.58 Å². The molecule has 1 unspecified atom stereocenters. The minimum Gasteiger partial charge on any atom is -0.298 e. The van der Waals surface area contributed by atoms with E-state index < -0.39 is 0 Å². The molecule has 0 fully saturated rings. The topological polar surface area (TPSA) is 21.1 Å². The summed E-state index contributed by atoms with van der Waals surface area (Å²) >= 11 is 3.48. The maximum Gasteiger partial charge on any atom is 0.0764 e. The van der Waals surface area contributed by atoms with Crippen molar-refractivity contribution in [1.82, 2.24) is 14.7 Å². The van der Waals surface area contributed by atoms with E-state index in [-0.39, 0.29) is 0 Å². The molecule has 0 N–H and O–H groups in total. The van der Waals surface area contributed by atoms with Crippen LogP contribution in [0.3, 0.4) is 0 Å². The number of nitrogens with zero attached hydrogens (tertiary/aromatic N) is 3. The van der Waals surface area contributed by atoms with Gasteiger partial charge < -0.3 is 0 Å². The van der Waals surface area contributed by atoms with E-state index in [1.54, 1.807) is 0 Å². The molecule has 4 heteroatoms. The third-order valence-corrected chi connectivity index (χ3v) is 3.71. The van der Waals surface area contributed by atoms with Gasteiger partial charge in [0.25, 0.3) is 0 Å². The summed E-state index contributed by atoms with van der Waals surface area (Å²) in [6, 6.07) is 2.64. The fraction of sp³-hybridized carbons (Fsp3) is 0.769. The van der Waals surface area contributed by atoms with Crippen molar-refractivity contribution in [1.29, 1.82) is 0 Å². The number of hydrogen-bond acceptors (Lipinski definition) is 2. The normalized spacial score (nSPS) is 13.2. The van der Waals surface area contributed by atoms with Crippen molar-refractivity contribution in [3.8, 4) is 0 Å². The molecule has 1 atom stereocenters. The Kier molecular flexibility index (Phi) is 6.82. The third kappa shape index (κ3) is 4.80. The highest BCUT2D eigenvalue weighted by Crippen LogP contribution is 2.10. The quantitative estimate of drug-likeness (QED) is 0.686. The first-order valence-corrected chi connectivity index (χ1v) is 7.65. The summed E-state index contributed by atoms with van der Waals surface area (Å²) in [4.78, 5) is 2.44. The molecule has 1 aromatic heterocycles. The first kappa shape index (κ1) is 14.7. The molecule has 0 spiro atoms. The molecule has 0 bridgehead atoms. The summed E-state index contributed by atoms with van der Waals surface area (Å²) in [5.74, 6) is 0. The van der Waals surface area contributed by atoms with Crippen LogP contribution in [0.25, 0.3) is 0 Å². The number of hydrogen-bond donors (Lipinski definition) is 0. The molecule has 3 nitrogen and oxygen atoms in total. The Bertz CT molecular complexity index is 311. The van der Waals surface area contributed by atoms with E-state index in [4.69, 9.17) is 0 Å². The second-order valence-electron chi connectivity index (χ2n) is 4.46. The summed E-state index contributed by atoms with van der Waals surface area (Å²) in [5, 5.41) is 5.71. The average Bonchev–Trinajstić information content (AvgIpc) is 2.81. The van der Waals surface area contributed by atoms with Crippen molar-refractivity contribution in [2.24, 2.45) is 0 Å². The molecule has 0 saturated carbocycles. The summed E-state index contributed by atoms with van der Waals surface area (Å²) in [7, 11) is 0. The molecule has 0 saturated heterocycles. The predicted octanol–water partition coefficient (Wildman–Crippen LogP) is 3.46. The molecule has 0 aromatic carbocycles. The summed E-state index contributed by atoms with van der Waals surface area (Å²) in [5.41, 5.74) is 1.18. The zero-order valence-electron chi connectivity index (χ0n) is 11.2. The highest BCUT2D eigenvalue weighted by molar-refractivity contribution is 9.09. The van der Waals surface area contributed by atoms with Crippen molar-refractivity contribution in [2.75, 3.05) is 18.4 Å². The highest BCUT2D eigenvalue weighted by atomic mass is 79.9. The highest BCUT2D eigenvalue weighted by Gasteiger charge is 2.08. The van der Waals surface area contributed by atoms with Crippen LogP contribution in [0.15, 0.2) is 12.3 Å². The van der Waals surface area contributed by atoms with E-state index in [2.05, 4.69) is 63.6 Å².